The first-order valence-electron chi connectivity index (χ1n) is 6.25. The molecule has 100 valence electrons. The molecule has 0 amide bonds. The zero-order chi connectivity index (χ0) is 13.6. The van der Waals surface area contributed by atoms with Crippen molar-refractivity contribution in [3.63, 3.8) is 0 Å². The van der Waals surface area contributed by atoms with Crippen LogP contribution >= 0.6 is 23.2 Å². The summed E-state index contributed by atoms with van der Waals surface area (Å²) in [6.45, 7) is 1.83. The molecule has 2 heterocycles. The number of rotatable bonds is 2. The number of aromatic nitrogens is 3. The number of fused-ring (bicyclic) bond motifs is 1. The first kappa shape index (κ1) is 12.9. The molecule has 0 unspecified atom stereocenters. The van der Waals surface area contributed by atoms with Crippen LogP contribution in [0.5, 0.6) is 0 Å². The van der Waals surface area contributed by atoms with Gasteiger partial charge in [0.05, 0.1) is 11.3 Å². The molecule has 4 nitrogen and oxygen atoms in total. The van der Waals surface area contributed by atoms with E-state index in [9.17, 15) is 4.79 Å². The van der Waals surface area contributed by atoms with Crippen LogP contribution < -0.4 is 0 Å². The Morgan fingerprint density at radius 1 is 1.42 bits per heavy atom. The third-order valence-electron chi connectivity index (χ3n) is 3.85. The summed E-state index contributed by atoms with van der Waals surface area (Å²) in [6, 6.07) is 0.252. The van der Waals surface area contributed by atoms with Crippen molar-refractivity contribution in [1.82, 2.24) is 14.5 Å². The summed E-state index contributed by atoms with van der Waals surface area (Å²) in [5, 5.41) is 0.961. The van der Waals surface area contributed by atoms with Gasteiger partial charge in [0, 0.05) is 17.5 Å². The number of imidazole rings is 1. The molecule has 1 aliphatic carbocycles. The summed E-state index contributed by atoms with van der Waals surface area (Å²) in [5.74, 6) is 0.138. The van der Waals surface area contributed by atoms with Crippen molar-refractivity contribution >= 4 is 40.7 Å². The van der Waals surface area contributed by atoms with Gasteiger partial charge in [0.1, 0.15) is 17.0 Å². The second-order valence-corrected chi connectivity index (χ2v) is 5.76. The van der Waals surface area contributed by atoms with Gasteiger partial charge in [0.2, 0.25) is 0 Å². The molecule has 0 aliphatic heterocycles. The monoisotopic (exact) mass is 297 g/mol. The minimum absolute atomic E-state index is 0.138. The molecule has 0 spiro atoms. The highest BCUT2D eigenvalue weighted by Gasteiger charge is 2.27. The number of hydrogen-bond acceptors (Lipinski definition) is 3. The first-order chi connectivity index (χ1) is 9.11. The molecule has 0 radical (unpaired) electrons. The molecule has 2 aromatic rings. The highest BCUT2D eigenvalue weighted by molar-refractivity contribution is 6.38. The topological polar surface area (TPSA) is 47.8 Å². The average Bonchev–Trinajstić information content (AvgIpc) is 3.01. The number of halogens is 2. The zero-order valence-electron chi connectivity index (χ0n) is 10.4. The molecular formula is C13H13Cl2N3O. The third-order valence-corrected chi connectivity index (χ3v) is 4.68. The van der Waals surface area contributed by atoms with Crippen LogP contribution in [-0.4, -0.2) is 20.8 Å². The first-order valence-corrected chi connectivity index (χ1v) is 7.00. The van der Waals surface area contributed by atoms with Gasteiger partial charge in [-0.25, -0.2) is 9.97 Å². The Morgan fingerprint density at radius 3 is 2.89 bits per heavy atom. The van der Waals surface area contributed by atoms with E-state index in [4.69, 9.17) is 23.2 Å². The molecule has 2 aromatic heterocycles. The lowest BCUT2D eigenvalue weighted by atomic mass is 10.1. The van der Waals surface area contributed by atoms with Crippen LogP contribution in [0.4, 0.5) is 0 Å². The predicted octanol–water partition coefficient (Wildman–Crippen LogP) is 3.59. The lowest BCUT2D eigenvalue weighted by Crippen LogP contribution is -2.06. The van der Waals surface area contributed by atoms with Crippen LogP contribution in [0.15, 0.2) is 6.33 Å². The van der Waals surface area contributed by atoms with Crippen LogP contribution in [0.2, 0.25) is 10.2 Å². The molecule has 0 bridgehead atoms. The fourth-order valence-electron chi connectivity index (χ4n) is 2.70. The lowest BCUT2D eigenvalue weighted by Gasteiger charge is -2.12. The van der Waals surface area contributed by atoms with E-state index in [-0.39, 0.29) is 12.0 Å². The van der Waals surface area contributed by atoms with E-state index in [2.05, 4.69) is 9.97 Å². The molecule has 0 aromatic carbocycles. The van der Waals surface area contributed by atoms with E-state index in [1.807, 2.05) is 11.5 Å². The average molecular weight is 298 g/mol. The highest BCUT2D eigenvalue weighted by Crippen LogP contribution is 2.37. The van der Waals surface area contributed by atoms with Crippen LogP contribution in [0, 0.1) is 12.8 Å². The zero-order valence-corrected chi connectivity index (χ0v) is 11.9. The van der Waals surface area contributed by atoms with E-state index in [1.54, 1.807) is 6.33 Å². The molecule has 1 aliphatic rings. The Balaban J connectivity index is 2.09. The number of pyridine rings is 1. The summed E-state index contributed by atoms with van der Waals surface area (Å²) in [4.78, 5) is 19.6. The maximum Gasteiger partial charge on any atom is 0.163 e. The van der Waals surface area contributed by atoms with Crippen molar-refractivity contribution in [3.05, 3.63) is 22.1 Å². The van der Waals surface area contributed by atoms with E-state index in [0.29, 0.717) is 21.3 Å². The smallest absolute Gasteiger partial charge is 0.163 e. The maximum absolute atomic E-state index is 10.9. The van der Waals surface area contributed by atoms with Gasteiger partial charge < -0.3 is 9.36 Å². The molecule has 0 N–H and O–H groups in total. The van der Waals surface area contributed by atoms with E-state index < -0.39 is 0 Å². The van der Waals surface area contributed by atoms with Gasteiger partial charge in [-0.15, -0.1) is 0 Å². The van der Waals surface area contributed by atoms with Crippen molar-refractivity contribution in [2.45, 2.75) is 32.2 Å². The Morgan fingerprint density at radius 2 is 2.21 bits per heavy atom. The van der Waals surface area contributed by atoms with Gasteiger partial charge >= 0.3 is 0 Å². The summed E-state index contributed by atoms with van der Waals surface area (Å²) < 4.78 is 2.00. The maximum atomic E-state index is 10.9. The van der Waals surface area contributed by atoms with Gasteiger partial charge in [-0.1, -0.05) is 23.2 Å². The quantitative estimate of drug-likeness (QED) is 0.629. The van der Waals surface area contributed by atoms with E-state index in [0.717, 1.165) is 31.1 Å². The fourth-order valence-corrected chi connectivity index (χ4v) is 3.15. The Bertz CT molecular complexity index is 653. The van der Waals surface area contributed by atoms with Crippen LogP contribution in [0.3, 0.4) is 0 Å². The second-order valence-electron chi connectivity index (χ2n) is 5.03. The van der Waals surface area contributed by atoms with Gasteiger partial charge in [-0.2, -0.15) is 0 Å². The van der Waals surface area contributed by atoms with Crippen molar-refractivity contribution < 1.29 is 4.79 Å². The highest BCUT2D eigenvalue weighted by atomic mass is 35.5. The standard InChI is InChI=1S/C13H13Cl2N3O/c1-7-10(14)11-13(17-12(7)15)18(6-16-11)9-3-2-8(4-9)5-19/h5-6,8-9H,2-4H2,1H3/t8-,9+/m1/s1. The summed E-state index contributed by atoms with van der Waals surface area (Å²) in [7, 11) is 0. The number of carbonyl (C=O) groups is 1. The van der Waals surface area contributed by atoms with Crippen molar-refractivity contribution in [2.24, 2.45) is 5.92 Å². The Labute approximate surface area is 120 Å². The molecule has 6 heteroatoms. The minimum atomic E-state index is 0.138. The van der Waals surface area contributed by atoms with Gasteiger partial charge in [-0.3, -0.25) is 0 Å². The molecule has 2 atom stereocenters. The summed E-state index contributed by atoms with van der Waals surface area (Å²) in [6.07, 6.45) is 5.49. The van der Waals surface area contributed by atoms with Gasteiger partial charge in [0.15, 0.2) is 5.65 Å². The SMILES string of the molecule is Cc1c(Cl)nc2c(ncn2[C@H]2CC[C@@H](C=O)C2)c1Cl. The van der Waals surface area contributed by atoms with Crippen molar-refractivity contribution in [2.75, 3.05) is 0 Å². The molecule has 19 heavy (non-hydrogen) atoms. The van der Waals surface area contributed by atoms with E-state index >= 15 is 0 Å². The number of carbonyl (C=O) groups excluding carboxylic acids is 1. The normalized spacial score (nSPS) is 23.1. The Kier molecular flexibility index (Phi) is 3.23. The van der Waals surface area contributed by atoms with Crippen LogP contribution in [0.1, 0.15) is 30.9 Å². The fraction of sp³-hybridized carbons (Fsp3) is 0.462. The number of nitrogens with zero attached hydrogens (tertiary/aromatic N) is 3. The molecule has 1 fully saturated rings. The van der Waals surface area contributed by atoms with Crippen molar-refractivity contribution in [3.8, 4) is 0 Å². The number of hydrogen-bond donors (Lipinski definition) is 0. The summed E-state index contributed by atoms with van der Waals surface area (Å²) >= 11 is 12.3. The molecular weight excluding hydrogens is 285 g/mol. The minimum Gasteiger partial charge on any atom is -0.312 e. The van der Waals surface area contributed by atoms with Crippen LogP contribution in [-0.2, 0) is 4.79 Å². The number of aldehydes is 1. The molecule has 1 saturated carbocycles. The van der Waals surface area contributed by atoms with Crippen LogP contribution in [0.25, 0.3) is 11.2 Å². The molecule has 0 saturated heterocycles. The lowest BCUT2D eigenvalue weighted by molar-refractivity contribution is -0.110. The summed E-state index contributed by atoms with van der Waals surface area (Å²) in [5.41, 5.74) is 2.13. The third kappa shape index (κ3) is 2.03. The largest absolute Gasteiger partial charge is 0.312 e. The van der Waals surface area contributed by atoms with Crippen molar-refractivity contribution in [1.29, 1.82) is 0 Å². The van der Waals surface area contributed by atoms with Gasteiger partial charge in [-0.05, 0) is 26.2 Å². The Hall–Kier alpha value is -1.13. The van der Waals surface area contributed by atoms with E-state index in [1.165, 1.54) is 0 Å². The molecule has 3 rings (SSSR count). The van der Waals surface area contributed by atoms with Gasteiger partial charge in [0.25, 0.3) is 0 Å². The predicted molar refractivity (Wildman–Crippen MR) is 74.7 cm³/mol. The second kappa shape index (κ2) is 4.76.